The standard InChI is InChI=1S/C13H19NO/c1-15-12-5-3-2-4-11(12)10-13(6-7-13)8-9-14/h2-5H,6-10,14H2,1H3. The van der Waals surface area contributed by atoms with Gasteiger partial charge in [0, 0.05) is 0 Å². The minimum Gasteiger partial charge on any atom is -0.496 e. The van der Waals surface area contributed by atoms with Gasteiger partial charge in [-0.05, 0) is 49.3 Å². The maximum atomic E-state index is 5.65. The molecule has 1 aliphatic carbocycles. The number of hydrogen-bond acceptors (Lipinski definition) is 2. The fourth-order valence-electron chi connectivity index (χ4n) is 2.25. The van der Waals surface area contributed by atoms with E-state index in [0.717, 1.165) is 25.1 Å². The molecule has 82 valence electrons. The molecule has 2 heteroatoms. The van der Waals surface area contributed by atoms with E-state index in [2.05, 4.69) is 12.1 Å². The SMILES string of the molecule is COc1ccccc1CC1(CCN)CC1. The van der Waals surface area contributed by atoms with Gasteiger partial charge >= 0.3 is 0 Å². The van der Waals surface area contributed by atoms with E-state index in [4.69, 9.17) is 10.5 Å². The highest BCUT2D eigenvalue weighted by atomic mass is 16.5. The van der Waals surface area contributed by atoms with Gasteiger partial charge in [-0.25, -0.2) is 0 Å². The molecule has 2 nitrogen and oxygen atoms in total. The van der Waals surface area contributed by atoms with Crippen LogP contribution in [0.5, 0.6) is 5.75 Å². The van der Waals surface area contributed by atoms with Crippen molar-refractivity contribution in [3.05, 3.63) is 29.8 Å². The predicted molar refractivity (Wildman–Crippen MR) is 62.0 cm³/mol. The number of para-hydroxylation sites is 1. The van der Waals surface area contributed by atoms with Crippen LogP contribution in [-0.2, 0) is 6.42 Å². The van der Waals surface area contributed by atoms with E-state index in [1.807, 2.05) is 12.1 Å². The number of benzene rings is 1. The lowest BCUT2D eigenvalue weighted by Gasteiger charge is -2.15. The van der Waals surface area contributed by atoms with Gasteiger partial charge in [0.05, 0.1) is 7.11 Å². The van der Waals surface area contributed by atoms with Gasteiger partial charge in [0.15, 0.2) is 0 Å². The Balaban J connectivity index is 2.10. The summed E-state index contributed by atoms with van der Waals surface area (Å²) in [6.45, 7) is 0.801. The zero-order valence-electron chi connectivity index (χ0n) is 9.33. The molecule has 0 spiro atoms. The zero-order valence-corrected chi connectivity index (χ0v) is 9.33. The maximum Gasteiger partial charge on any atom is 0.122 e. The van der Waals surface area contributed by atoms with E-state index in [9.17, 15) is 0 Å². The average Bonchev–Trinajstić information content (AvgIpc) is 2.99. The molecule has 1 fully saturated rings. The van der Waals surface area contributed by atoms with Crippen LogP contribution < -0.4 is 10.5 Å². The molecular weight excluding hydrogens is 186 g/mol. The molecule has 0 aliphatic heterocycles. The summed E-state index contributed by atoms with van der Waals surface area (Å²) in [5, 5.41) is 0. The van der Waals surface area contributed by atoms with Crippen molar-refractivity contribution in [2.24, 2.45) is 11.1 Å². The molecule has 0 aromatic heterocycles. The molecule has 0 amide bonds. The Labute approximate surface area is 91.4 Å². The molecule has 1 aliphatic rings. The Morgan fingerprint density at radius 3 is 2.67 bits per heavy atom. The van der Waals surface area contributed by atoms with Crippen molar-refractivity contribution in [1.82, 2.24) is 0 Å². The molecular formula is C13H19NO. The van der Waals surface area contributed by atoms with E-state index in [0.29, 0.717) is 5.41 Å². The number of ether oxygens (including phenoxy) is 1. The maximum absolute atomic E-state index is 5.65. The van der Waals surface area contributed by atoms with Crippen LogP contribution in [0.2, 0.25) is 0 Å². The van der Waals surface area contributed by atoms with Gasteiger partial charge in [-0.3, -0.25) is 0 Å². The Hall–Kier alpha value is -1.02. The first-order chi connectivity index (χ1) is 7.29. The van der Waals surface area contributed by atoms with Gasteiger partial charge in [-0.15, -0.1) is 0 Å². The van der Waals surface area contributed by atoms with Crippen LogP contribution in [0, 0.1) is 5.41 Å². The average molecular weight is 205 g/mol. The van der Waals surface area contributed by atoms with Crippen molar-refractivity contribution in [2.75, 3.05) is 13.7 Å². The van der Waals surface area contributed by atoms with E-state index in [-0.39, 0.29) is 0 Å². The molecule has 0 unspecified atom stereocenters. The first kappa shape index (κ1) is 10.5. The molecule has 0 atom stereocenters. The van der Waals surface area contributed by atoms with Crippen molar-refractivity contribution >= 4 is 0 Å². The van der Waals surface area contributed by atoms with Crippen LogP contribution >= 0.6 is 0 Å². The molecule has 1 saturated carbocycles. The minimum absolute atomic E-state index is 0.489. The summed E-state index contributed by atoms with van der Waals surface area (Å²) in [6, 6.07) is 8.30. The monoisotopic (exact) mass is 205 g/mol. The fraction of sp³-hybridized carbons (Fsp3) is 0.538. The van der Waals surface area contributed by atoms with Gasteiger partial charge in [0.1, 0.15) is 5.75 Å². The summed E-state index contributed by atoms with van der Waals surface area (Å²) in [5.41, 5.74) is 7.46. The van der Waals surface area contributed by atoms with Crippen molar-refractivity contribution in [3.63, 3.8) is 0 Å². The molecule has 0 radical (unpaired) electrons. The van der Waals surface area contributed by atoms with Crippen LogP contribution in [0.4, 0.5) is 0 Å². The highest BCUT2D eigenvalue weighted by molar-refractivity contribution is 5.34. The van der Waals surface area contributed by atoms with E-state index in [1.54, 1.807) is 7.11 Å². The predicted octanol–water partition coefficient (Wildman–Crippen LogP) is 2.37. The first-order valence-corrected chi connectivity index (χ1v) is 5.62. The summed E-state index contributed by atoms with van der Waals surface area (Å²) >= 11 is 0. The van der Waals surface area contributed by atoms with Crippen LogP contribution in [0.3, 0.4) is 0 Å². The number of rotatable bonds is 5. The van der Waals surface area contributed by atoms with Crippen molar-refractivity contribution in [1.29, 1.82) is 0 Å². The van der Waals surface area contributed by atoms with Crippen molar-refractivity contribution in [3.8, 4) is 5.75 Å². The second kappa shape index (κ2) is 4.23. The topological polar surface area (TPSA) is 35.2 Å². The summed E-state index contributed by atoms with van der Waals surface area (Å²) in [4.78, 5) is 0. The minimum atomic E-state index is 0.489. The van der Waals surface area contributed by atoms with Crippen LogP contribution in [0.15, 0.2) is 24.3 Å². The molecule has 0 bridgehead atoms. The van der Waals surface area contributed by atoms with Gasteiger partial charge in [-0.1, -0.05) is 18.2 Å². The van der Waals surface area contributed by atoms with Crippen LogP contribution in [0.1, 0.15) is 24.8 Å². The van der Waals surface area contributed by atoms with Gasteiger partial charge in [0.2, 0.25) is 0 Å². The smallest absolute Gasteiger partial charge is 0.122 e. The van der Waals surface area contributed by atoms with E-state index in [1.165, 1.54) is 18.4 Å². The molecule has 2 N–H and O–H groups in total. The summed E-state index contributed by atoms with van der Waals surface area (Å²) in [5.74, 6) is 1.01. The highest BCUT2D eigenvalue weighted by Gasteiger charge is 2.41. The number of methoxy groups -OCH3 is 1. The third-order valence-electron chi connectivity index (χ3n) is 3.39. The largest absolute Gasteiger partial charge is 0.496 e. The van der Waals surface area contributed by atoms with Crippen molar-refractivity contribution in [2.45, 2.75) is 25.7 Å². The lowest BCUT2D eigenvalue weighted by molar-refractivity contribution is 0.397. The Kier molecular flexibility index (Phi) is 2.96. The summed E-state index contributed by atoms with van der Waals surface area (Å²) in [7, 11) is 1.74. The molecule has 2 rings (SSSR count). The number of nitrogens with two attached hydrogens (primary N) is 1. The third kappa shape index (κ3) is 2.32. The highest BCUT2D eigenvalue weighted by Crippen LogP contribution is 2.51. The molecule has 0 heterocycles. The first-order valence-electron chi connectivity index (χ1n) is 5.62. The summed E-state index contributed by atoms with van der Waals surface area (Å²) in [6.07, 6.45) is 4.91. The lowest BCUT2D eigenvalue weighted by Crippen LogP contribution is -2.12. The molecule has 0 saturated heterocycles. The zero-order chi connectivity index (χ0) is 10.7. The Morgan fingerprint density at radius 1 is 1.33 bits per heavy atom. The Morgan fingerprint density at radius 2 is 2.07 bits per heavy atom. The Bertz CT molecular complexity index is 331. The molecule has 1 aromatic carbocycles. The quantitative estimate of drug-likeness (QED) is 0.801. The second-order valence-electron chi connectivity index (χ2n) is 4.53. The van der Waals surface area contributed by atoms with Gasteiger partial charge in [0.25, 0.3) is 0 Å². The van der Waals surface area contributed by atoms with Crippen LogP contribution in [0.25, 0.3) is 0 Å². The molecule has 1 aromatic rings. The van der Waals surface area contributed by atoms with E-state index < -0.39 is 0 Å². The van der Waals surface area contributed by atoms with Crippen LogP contribution in [-0.4, -0.2) is 13.7 Å². The second-order valence-corrected chi connectivity index (χ2v) is 4.53. The third-order valence-corrected chi connectivity index (χ3v) is 3.39. The van der Waals surface area contributed by atoms with Gasteiger partial charge < -0.3 is 10.5 Å². The lowest BCUT2D eigenvalue weighted by atomic mass is 9.93. The normalized spacial score (nSPS) is 17.5. The van der Waals surface area contributed by atoms with Gasteiger partial charge in [-0.2, -0.15) is 0 Å². The summed E-state index contributed by atoms with van der Waals surface area (Å²) < 4.78 is 5.37. The van der Waals surface area contributed by atoms with Crippen molar-refractivity contribution < 1.29 is 4.74 Å². The van der Waals surface area contributed by atoms with E-state index >= 15 is 0 Å². The number of hydrogen-bond donors (Lipinski definition) is 1. The fourth-order valence-corrected chi connectivity index (χ4v) is 2.25. The molecule has 15 heavy (non-hydrogen) atoms.